The average Bonchev–Trinajstić information content (AvgIpc) is 1.82. The molecule has 0 saturated carbocycles. The van der Waals surface area contributed by atoms with Crippen LogP contribution in [0.4, 0.5) is 0 Å². The molecular formula is C6H12NO2. The first-order valence-electron chi connectivity index (χ1n) is 2.96. The Hall–Kier alpha value is -0.570. The molecule has 0 atom stereocenters. The molecule has 1 radical (unpaired) electrons. The molecule has 0 aromatic carbocycles. The zero-order valence-corrected chi connectivity index (χ0v) is 5.89. The molecule has 3 nitrogen and oxygen atoms in total. The lowest BCUT2D eigenvalue weighted by Gasteiger charge is -2.07. The predicted octanol–water partition coefficient (Wildman–Crippen LogP) is 0.285. The van der Waals surface area contributed by atoms with E-state index in [9.17, 15) is 9.90 Å². The van der Waals surface area contributed by atoms with E-state index in [4.69, 9.17) is 0 Å². The van der Waals surface area contributed by atoms with Gasteiger partial charge in [-0.25, -0.2) is 5.11 Å². The van der Waals surface area contributed by atoms with Gasteiger partial charge >= 0.3 is 0 Å². The number of carbonyl (C=O) groups excluding carboxylic acids is 1. The number of amides is 1. The van der Waals surface area contributed by atoms with Gasteiger partial charge in [0.25, 0.3) is 0 Å². The molecule has 53 valence electrons. The zero-order chi connectivity index (χ0) is 7.28. The van der Waals surface area contributed by atoms with Crippen molar-refractivity contribution in [2.24, 2.45) is 0 Å². The Morgan fingerprint density at radius 2 is 2.00 bits per heavy atom. The van der Waals surface area contributed by atoms with E-state index >= 15 is 0 Å². The SMILES string of the molecule is CN(C)C(=O)CCC[O]. The quantitative estimate of drug-likeness (QED) is 0.541. The number of hydrogen-bond donors (Lipinski definition) is 0. The topological polar surface area (TPSA) is 40.2 Å². The molecule has 0 aromatic heterocycles. The molecule has 0 N–H and O–H groups in total. The number of hydrogen-bond acceptors (Lipinski definition) is 1. The minimum atomic E-state index is -0.153. The van der Waals surface area contributed by atoms with Gasteiger partial charge in [-0.1, -0.05) is 0 Å². The van der Waals surface area contributed by atoms with E-state index in [1.807, 2.05) is 0 Å². The minimum Gasteiger partial charge on any atom is -0.349 e. The average molecular weight is 130 g/mol. The van der Waals surface area contributed by atoms with Crippen molar-refractivity contribution in [1.82, 2.24) is 4.90 Å². The molecule has 0 spiro atoms. The molecule has 0 saturated heterocycles. The van der Waals surface area contributed by atoms with E-state index in [-0.39, 0.29) is 12.5 Å². The monoisotopic (exact) mass is 130 g/mol. The molecular weight excluding hydrogens is 118 g/mol. The van der Waals surface area contributed by atoms with Gasteiger partial charge in [-0.05, 0) is 6.42 Å². The van der Waals surface area contributed by atoms with Crippen LogP contribution >= 0.6 is 0 Å². The molecule has 0 fully saturated rings. The molecule has 9 heavy (non-hydrogen) atoms. The van der Waals surface area contributed by atoms with Crippen molar-refractivity contribution in [3.05, 3.63) is 0 Å². The second kappa shape index (κ2) is 4.32. The predicted molar refractivity (Wildman–Crippen MR) is 33.5 cm³/mol. The maximum absolute atomic E-state index is 10.7. The standard InChI is InChI=1S/C6H12NO2/c1-7(2)6(9)4-3-5-8/h3-5H2,1-2H3. The fourth-order valence-electron chi connectivity index (χ4n) is 0.447. The van der Waals surface area contributed by atoms with Crippen LogP contribution < -0.4 is 0 Å². The number of nitrogens with zero attached hydrogens (tertiary/aromatic N) is 1. The molecule has 0 aromatic rings. The Labute approximate surface area is 55.3 Å². The molecule has 0 aliphatic heterocycles. The Balaban J connectivity index is 3.28. The highest BCUT2D eigenvalue weighted by atomic mass is 16.3. The summed E-state index contributed by atoms with van der Waals surface area (Å²) >= 11 is 0. The highest BCUT2D eigenvalue weighted by Crippen LogP contribution is 1.90. The van der Waals surface area contributed by atoms with E-state index in [1.165, 1.54) is 4.90 Å². The Bertz CT molecular complexity index is 91.1. The summed E-state index contributed by atoms with van der Waals surface area (Å²) in [6.45, 7) is -0.153. The second-order valence-corrected chi connectivity index (χ2v) is 2.10. The highest BCUT2D eigenvalue weighted by Gasteiger charge is 2.01. The zero-order valence-electron chi connectivity index (χ0n) is 5.89. The lowest BCUT2D eigenvalue weighted by molar-refractivity contribution is -0.129. The smallest absolute Gasteiger partial charge is 0.222 e. The molecule has 0 bridgehead atoms. The van der Waals surface area contributed by atoms with Crippen LogP contribution in [0.2, 0.25) is 0 Å². The van der Waals surface area contributed by atoms with Gasteiger partial charge < -0.3 is 4.90 Å². The summed E-state index contributed by atoms with van der Waals surface area (Å²) in [6, 6.07) is 0. The van der Waals surface area contributed by atoms with Crippen LogP contribution in [-0.2, 0) is 9.90 Å². The number of carbonyl (C=O) groups is 1. The van der Waals surface area contributed by atoms with Crippen molar-refractivity contribution in [1.29, 1.82) is 0 Å². The first kappa shape index (κ1) is 8.43. The van der Waals surface area contributed by atoms with Gasteiger partial charge in [0, 0.05) is 20.5 Å². The lowest BCUT2D eigenvalue weighted by atomic mass is 10.3. The molecule has 0 heterocycles. The van der Waals surface area contributed by atoms with Gasteiger partial charge in [-0.2, -0.15) is 0 Å². The number of rotatable bonds is 3. The summed E-state index contributed by atoms with van der Waals surface area (Å²) in [6.07, 6.45) is 0.841. The second-order valence-electron chi connectivity index (χ2n) is 2.10. The Morgan fingerprint density at radius 1 is 1.44 bits per heavy atom. The van der Waals surface area contributed by atoms with Crippen LogP contribution in [0.3, 0.4) is 0 Å². The Kier molecular flexibility index (Phi) is 4.05. The van der Waals surface area contributed by atoms with Crippen LogP contribution in [0.25, 0.3) is 0 Å². The van der Waals surface area contributed by atoms with Crippen molar-refractivity contribution in [3.8, 4) is 0 Å². The molecule has 0 aliphatic carbocycles. The van der Waals surface area contributed by atoms with Crippen LogP contribution in [0.1, 0.15) is 12.8 Å². The van der Waals surface area contributed by atoms with Crippen molar-refractivity contribution in [2.75, 3.05) is 20.7 Å². The fraction of sp³-hybridized carbons (Fsp3) is 0.833. The molecule has 0 aliphatic rings. The maximum Gasteiger partial charge on any atom is 0.222 e. The van der Waals surface area contributed by atoms with Crippen LogP contribution in [-0.4, -0.2) is 31.5 Å². The van der Waals surface area contributed by atoms with Crippen LogP contribution in [0, 0.1) is 0 Å². The first-order chi connectivity index (χ1) is 4.18. The van der Waals surface area contributed by atoms with Gasteiger partial charge in [0.1, 0.15) is 0 Å². The summed E-state index contributed by atoms with van der Waals surface area (Å²) in [5.41, 5.74) is 0. The van der Waals surface area contributed by atoms with Crippen molar-refractivity contribution in [2.45, 2.75) is 12.8 Å². The minimum absolute atomic E-state index is 0.0332. The van der Waals surface area contributed by atoms with E-state index in [0.717, 1.165) is 0 Å². The molecule has 1 amide bonds. The molecule has 0 rings (SSSR count). The molecule has 0 unspecified atom stereocenters. The normalized spacial score (nSPS) is 9.22. The van der Waals surface area contributed by atoms with E-state index in [1.54, 1.807) is 14.1 Å². The van der Waals surface area contributed by atoms with E-state index in [2.05, 4.69) is 0 Å². The fourth-order valence-corrected chi connectivity index (χ4v) is 0.447. The summed E-state index contributed by atoms with van der Waals surface area (Å²) in [5.74, 6) is 0.0332. The third-order valence-corrected chi connectivity index (χ3v) is 1.03. The van der Waals surface area contributed by atoms with Gasteiger partial charge in [0.05, 0.1) is 6.61 Å². The summed E-state index contributed by atoms with van der Waals surface area (Å²) in [5, 5.41) is 9.89. The third-order valence-electron chi connectivity index (χ3n) is 1.03. The van der Waals surface area contributed by atoms with Gasteiger partial charge in [0.15, 0.2) is 0 Å². The summed E-state index contributed by atoms with van der Waals surface area (Å²) in [4.78, 5) is 12.2. The van der Waals surface area contributed by atoms with Gasteiger partial charge in [0.2, 0.25) is 5.91 Å². The largest absolute Gasteiger partial charge is 0.349 e. The maximum atomic E-state index is 10.7. The van der Waals surface area contributed by atoms with Gasteiger partial charge in [-0.15, -0.1) is 0 Å². The van der Waals surface area contributed by atoms with Crippen molar-refractivity contribution in [3.63, 3.8) is 0 Å². The van der Waals surface area contributed by atoms with Crippen LogP contribution in [0.5, 0.6) is 0 Å². The van der Waals surface area contributed by atoms with Crippen LogP contribution in [0.15, 0.2) is 0 Å². The third kappa shape index (κ3) is 3.97. The van der Waals surface area contributed by atoms with Crippen molar-refractivity contribution < 1.29 is 9.90 Å². The Morgan fingerprint density at radius 3 is 2.33 bits per heavy atom. The summed E-state index contributed by atoms with van der Waals surface area (Å²) in [7, 11) is 3.38. The van der Waals surface area contributed by atoms with E-state index in [0.29, 0.717) is 12.8 Å². The van der Waals surface area contributed by atoms with Crippen molar-refractivity contribution >= 4 is 5.91 Å². The van der Waals surface area contributed by atoms with Gasteiger partial charge in [-0.3, -0.25) is 4.79 Å². The summed E-state index contributed by atoms with van der Waals surface area (Å²) < 4.78 is 0. The highest BCUT2D eigenvalue weighted by molar-refractivity contribution is 5.75. The first-order valence-corrected chi connectivity index (χ1v) is 2.96. The molecule has 3 heteroatoms. The lowest BCUT2D eigenvalue weighted by Crippen LogP contribution is -2.21. The van der Waals surface area contributed by atoms with E-state index < -0.39 is 0 Å².